The fourth-order valence-corrected chi connectivity index (χ4v) is 7.96. The van der Waals surface area contributed by atoms with E-state index in [-0.39, 0.29) is 134 Å². The van der Waals surface area contributed by atoms with Gasteiger partial charge in [0, 0.05) is 33.1 Å². The molecule has 0 saturated carbocycles. The topological polar surface area (TPSA) is 655 Å². The molecule has 36 nitrogen and oxygen atoms in total. The van der Waals surface area contributed by atoms with Gasteiger partial charge in [0.2, 0.25) is 59.1 Å². The number of guanidine groups is 4. The van der Waals surface area contributed by atoms with E-state index in [4.69, 9.17) is 63.1 Å². The van der Waals surface area contributed by atoms with E-state index in [0.29, 0.717) is 19.3 Å². The monoisotopic (exact) mass is 1210 g/mol. The highest BCUT2D eigenvalue weighted by molar-refractivity contribution is 5.98. The Morgan fingerprint density at radius 3 is 0.882 bits per heavy atom. The number of nitrogens with two attached hydrogens (primary N) is 11. The molecular weight excluding hydrogens is 1120 g/mol. The second kappa shape index (κ2) is 42.4. The van der Waals surface area contributed by atoms with Crippen molar-refractivity contribution >= 4 is 82.9 Å². The van der Waals surface area contributed by atoms with Crippen LogP contribution in [-0.2, 0) is 47.9 Å². The first kappa shape index (κ1) is 76.6. The van der Waals surface area contributed by atoms with Crippen LogP contribution in [-0.4, -0.2) is 199 Å². The Labute approximate surface area is 494 Å². The van der Waals surface area contributed by atoms with Gasteiger partial charge in [-0.1, -0.05) is 0 Å². The van der Waals surface area contributed by atoms with E-state index in [9.17, 15) is 58.2 Å². The summed E-state index contributed by atoms with van der Waals surface area (Å²) in [5, 5.41) is 43.7. The first-order chi connectivity index (χ1) is 39.9. The van der Waals surface area contributed by atoms with E-state index in [1.165, 1.54) is 20.8 Å². The van der Waals surface area contributed by atoms with Crippen LogP contribution in [0.3, 0.4) is 0 Å². The van der Waals surface area contributed by atoms with Crippen LogP contribution in [0.2, 0.25) is 0 Å². The summed E-state index contributed by atoms with van der Waals surface area (Å²) < 4.78 is 0. The minimum absolute atomic E-state index is 0.00949. The molecule has 0 heterocycles. The molecule has 484 valence electrons. The first-order valence-electron chi connectivity index (χ1n) is 27.9. The lowest BCUT2D eigenvalue weighted by Gasteiger charge is -2.29. The lowest BCUT2D eigenvalue weighted by molar-refractivity contribution is -0.137. The third-order valence-electron chi connectivity index (χ3n) is 12.4. The smallest absolute Gasteiger partial charge is 0.245 e. The predicted molar refractivity (Wildman–Crippen MR) is 317 cm³/mol. The van der Waals surface area contributed by atoms with Crippen molar-refractivity contribution in [2.45, 2.75) is 184 Å². The van der Waals surface area contributed by atoms with Gasteiger partial charge in [-0.2, -0.15) is 0 Å². The van der Waals surface area contributed by atoms with E-state index < -0.39 is 126 Å². The third kappa shape index (κ3) is 34.1. The number of hydrogen-bond acceptors (Lipinski definition) is 18. The van der Waals surface area contributed by atoms with Gasteiger partial charge < -0.3 is 121 Å². The van der Waals surface area contributed by atoms with Gasteiger partial charge in [-0.05, 0) is 124 Å². The van der Waals surface area contributed by atoms with Crippen LogP contribution >= 0.6 is 0 Å². The molecule has 85 heavy (non-hydrogen) atoms. The van der Waals surface area contributed by atoms with Crippen molar-refractivity contribution in [3.05, 3.63) is 0 Å². The van der Waals surface area contributed by atoms with Crippen LogP contribution in [0.4, 0.5) is 0 Å². The normalized spacial score (nSPS) is 14.7. The minimum Gasteiger partial charge on any atom is -0.391 e. The second-order valence-corrected chi connectivity index (χ2v) is 20.0. The van der Waals surface area contributed by atoms with Gasteiger partial charge in [0.05, 0.1) is 12.2 Å². The zero-order valence-corrected chi connectivity index (χ0v) is 49.1. The number of nitrogens with zero attached hydrogens (tertiary/aromatic N) is 4. The van der Waals surface area contributed by atoms with Crippen molar-refractivity contribution in [2.75, 3.05) is 39.3 Å². The number of aliphatic imine (C=N–C) groups is 4. The summed E-state index contributed by atoms with van der Waals surface area (Å²) >= 11 is 0. The number of unbranched alkanes of at least 4 members (excludes halogenated alkanes) is 2. The Hall–Kier alpha value is -8.38. The molecular formula is C49H96N24O12. The van der Waals surface area contributed by atoms with Crippen molar-refractivity contribution in [2.24, 2.45) is 83.0 Å². The number of rotatable bonds is 44. The molecule has 0 aromatic carbocycles. The first-order valence-corrected chi connectivity index (χ1v) is 27.9. The van der Waals surface area contributed by atoms with Crippen molar-refractivity contribution in [3.8, 4) is 0 Å². The number of aliphatic hydroxyl groups excluding tert-OH is 2. The number of carbonyl (C=O) groups excluding carboxylic acids is 10. The lowest BCUT2D eigenvalue weighted by atomic mass is 10.0. The minimum atomic E-state index is -1.81. The zero-order valence-electron chi connectivity index (χ0n) is 49.1. The maximum Gasteiger partial charge on any atom is 0.245 e. The van der Waals surface area contributed by atoms with Gasteiger partial charge in [0.1, 0.15) is 54.4 Å². The summed E-state index contributed by atoms with van der Waals surface area (Å²) in [6.45, 7) is 5.43. The summed E-state index contributed by atoms with van der Waals surface area (Å²) in [5.74, 6) is -9.86. The quantitative estimate of drug-likeness (QED) is 0.0153. The van der Waals surface area contributed by atoms with E-state index in [2.05, 4.69) is 67.8 Å². The standard InChI is InChI=1S/C49H96N24O12/c1-25(65-39(79)29(66-28(4)76)15-9-21-61-46(53)54)38(78)67-33(17-11-23-63-48(57)58)44(84)73-36(27(3)75)45(85)71-32(16-10-22-62-47(55)56)42(82)69-30(13-5-7-19-50)40(80)68-31(14-6-8-20-51)41(81)70-34(18-12-24-64-49(59)60)43(83)72-35(26(2)74)37(52)77/h25-27,29-36,74-75H,5-24,50-51H2,1-4H3,(H2,52,77)(H,65,79)(H,66,76)(H,67,78)(H,68,80)(H,69,82)(H,70,81)(H,71,85)(H,72,83)(H,73,84)(H4,53,54,61)(H4,55,56,62)(H4,57,58,63)(H4,59,60,64)/t25-,26+,27+,29-,30-,31-,32-,33-,34-,35-,36-/m0/s1. The number of hydrogen-bond donors (Lipinski definition) is 22. The van der Waals surface area contributed by atoms with Gasteiger partial charge in [0.25, 0.3) is 0 Å². The number of nitrogens with one attached hydrogen (secondary N) is 9. The van der Waals surface area contributed by atoms with Gasteiger partial charge in [-0.25, -0.2) is 0 Å². The molecule has 10 amide bonds. The van der Waals surface area contributed by atoms with Crippen molar-refractivity contribution in [1.82, 2.24) is 47.9 Å². The molecule has 0 fully saturated rings. The van der Waals surface area contributed by atoms with Gasteiger partial charge in [0.15, 0.2) is 23.8 Å². The van der Waals surface area contributed by atoms with Crippen LogP contribution in [0.15, 0.2) is 20.0 Å². The van der Waals surface area contributed by atoms with Crippen molar-refractivity contribution in [3.63, 3.8) is 0 Å². The van der Waals surface area contributed by atoms with E-state index >= 15 is 0 Å². The molecule has 0 spiro atoms. The van der Waals surface area contributed by atoms with Crippen LogP contribution in [0.5, 0.6) is 0 Å². The number of aliphatic hydroxyl groups is 2. The Bertz CT molecular complexity index is 2270. The predicted octanol–water partition coefficient (Wildman–Crippen LogP) is -9.89. The molecule has 36 heteroatoms. The largest absolute Gasteiger partial charge is 0.391 e. The fraction of sp³-hybridized carbons (Fsp3) is 0.714. The van der Waals surface area contributed by atoms with Crippen LogP contribution in [0.25, 0.3) is 0 Å². The van der Waals surface area contributed by atoms with Crippen LogP contribution in [0.1, 0.15) is 118 Å². The molecule has 0 aromatic heterocycles. The molecule has 0 rings (SSSR count). The summed E-state index contributed by atoms with van der Waals surface area (Å²) in [5.41, 5.74) is 60.5. The third-order valence-corrected chi connectivity index (χ3v) is 12.4. The second-order valence-electron chi connectivity index (χ2n) is 20.0. The maximum absolute atomic E-state index is 14.4. The molecule has 0 radical (unpaired) electrons. The molecule has 11 atom stereocenters. The Kier molecular flexibility index (Phi) is 38.2. The lowest BCUT2D eigenvalue weighted by Crippen LogP contribution is -2.62. The molecule has 33 N–H and O–H groups in total. The molecule has 0 aromatic rings. The molecule has 0 bridgehead atoms. The summed E-state index contributed by atoms with van der Waals surface area (Å²) in [4.78, 5) is 151. The van der Waals surface area contributed by atoms with Gasteiger partial charge in [-0.15, -0.1) is 0 Å². The van der Waals surface area contributed by atoms with Gasteiger partial charge >= 0.3 is 0 Å². The Morgan fingerprint density at radius 2 is 0.600 bits per heavy atom. The Morgan fingerprint density at radius 1 is 0.341 bits per heavy atom. The average Bonchev–Trinajstić information content (AvgIpc) is 3.41. The van der Waals surface area contributed by atoms with Crippen LogP contribution < -0.4 is 111 Å². The summed E-state index contributed by atoms with van der Waals surface area (Å²) in [6, 6.07) is -12.9. The average molecular weight is 1210 g/mol. The SMILES string of the molecule is CC(=O)N[C@@H](CCCN=C(N)N)C(=O)N[C@@H](C)C(=O)N[C@@H](CCCN=C(N)N)C(=O)N[C@H](C(=O)N[C@@H](CCCN=C(N)N)C(=O)N[C@@H](CCCCN)C(=O)N[C@@H](CCCCN)C(=O)N[C@@H](CCCN=C(N)N)C(=O)N[C@H](C(N)=O)[C@@H](C)O)[C@@H](C)O. The molecule has 0 aliphatic carbocycles. The van der Waals surface area contributed by atoms with Crippen molar-refractivity contribution < 1.29 is 58.2 Å². The summed E-state index contributed by atoms with van der Waals surface area (Å²) in [6.07, 6.45) is -1.60. The number of amides is 10. The van der Waals surface area contributed by atoms with E-state index in [1.54, 1.807) is 0 Å². The zero-order chi connectivity index (χ0) is 64.8. The number of primary amides is 1. The summed E-state index contributed by atoms with van der Waals surface area (Å²) in [7, 11) is 0. The maximum atomic E-state index is 14.4. The highest BCUT2D eigenvalue weighted by Gasteiger charge is 2.36. The highest BCUT2D eigenvalue weighted by atomic mass is 16.3. The molecule has 0 aliphatic heterocycles. The molecule has 0 unspecified atom stereocenters. The van der Waals surface area contributed by atoms with E-state index in [0.717, 1.165) is 6.92 Å². The number of carbonyl (C=O) groups is 10. The highest BCUT2D eigenvalue weighted by Crippen LogP contribution is 2.11. The fourth-order valence-electron chi connectivity index (χ4n) is 7.96. The molecule has 0 saturated heterocycles. The molecule has 0 aliphatic rings. The Balaban J connectivity index is 7.02. The van der Waals surface area contributed by atoms with Crippen molar-refractivity contribution in [1.29, 1.82) is 0 Å². The van der Waals surface area contributed by atoms with E-state index in [1.807, 2.05) is 0 Å². The van der Waals surface area contributed by atoms with Gasteiger partial charge in [-0.3, -0.25) is 67.9 Å². The van der Waals surface area contributed by atoms with Crippen LogP contribution in [0, 0.1) is 0 Å².